The number of hydrogen-bond donors (Lipinski definition) is 1. The Morgan fingerprint density at radius 3 is 2.83 bits per heavy atom. The van der Waals surface area contributed by atoms with Gasteiger partial charge >= 0.3 is 5.69 Å². The maximum absolute atomic E-state index is 10.9. The number of hydrogen-bond acceptors (Lipinski definition) is 5. The van der Waals surface area contributed by atoms with Gasteiger partial charge in [0.15, 0.2) is 5.75 Å². The van der Waals surface area contributed by atoms with Crippen LogP contribution in [0.4, 0.5) is 5.69 Å². The van der Waals surface area contributed by atoms with Crippen molar-refractivity contribution in [2.45, 2.75) is 6.42 Å². The number of aldehydes is 1. The Hall–Kier alpha value is -2.44. The minimum Gasteiger partial charge on any atom is -0.486 e. The van der Waals surface area contributed by atoms with Gasteiger partial charge in [-0.1, -0.05) is 0 Å². The predicted octanol–water partition coefficient (Wildman–Crippen LogP) is 0.922. The molecule has 7 heteroatoms. The van der Waals surface area contributed by atoms with Gasteiger partial charge in [0.25, 0.3) is 0 Å². The SMILES string of the molecule is CNC(=O)CCOc1ccc(C=O)cc1[N+](=O)[O-]. The van der Waals surface area contributed by atoms with Crippen molar-refractivity contribution < 1.29 is 19.2 Å². The fourth-order valence-corrected chi connectivity index (χ4v) is 1.25. The quantitative estimate of drug-likeness (QED) is 0.461. The van der Waals surface area contributed by atoms with Gasteiger partial charge in [-0.25, -0.2) is 0 Å². The molecule has 1 aromatic rings. The normalized spacial score (nSPS) is 9.61. The first-order valence-corrected chi connectivity index (χ1v) is 5.15. The monoisotopic (exact) mass is 252 g/mol. The molecule has 1 aromatic carbocycles. The lowest BCUT2D eigenvalue weighted by Gasteiger charge is -2.06. The van der Waals surface area contributed by atoms with Gasteiger partial charge < -0.3 is 10.1 Å². The summed E-state index contributed by atoms with van der Waals surface area (Å²) in [5, 5.41) is 13.2. The first kappa shape index (κ1) is 13.6. The Labute approximate surface area is 103 Å². The largest absolute Gasteiger partial charge is 0.486 e. The van der Waals surface area contributed by atoms with E-state index in [4.69, 9.17) is 4.74 Å². The van der Waals surface area contributed by atoms with E-state index >= 15 is 0 Å². The molecule has 0 aliphatic rings. The van der Waals surface area contributed by atoms with Crippen molar-refractivity contribution >= 4 is 17.9 Å². The first-order valence-electron chi connectivity index (χ1n) is 5.15. The summed E-state index contributed by atoms with van der Waals surface area (Å²) in [6, 6.07) is 3.88. The number of nitro benzene ring substituents is 1. The van der Waals surface area contributed by atoms with Gasteiger partial charge in [0.1, 0.15) is 6.29 Å². The second-order valence-electron chi connectivity index (χ2n) is 3.37. The van der Waals surface area contributed by atoms with Crippen LogP contribution in [-0.2, 0) is 4.79 Å². The molecule has 96 valence electrons. The van der Waals surface area contributed by atoms with Crippen molar-refractivity contribution in [3.05, 3.63) is 33.9 Å². The van der Waals surface area contributed by atoms with Crippen LogP contribution in [0.3, 0.4) is 0 Å². The maximum atomic E-state index is 10.9. The highest BCUT2D eigenvalue weighted by atomic mass is 16.6. The molecular formula is C11H12N2O5. The zero-order chi connectivity index (χ0) is 13.5. The van der Waals surface area contributed by atoms with Crippen molar-refractivity contribution in [2.24, 2.45) is 0 Å². The number of carbonyl (C=O) groups is 2. The standard InChI is InChI=1S/C11H12N2O5/c1-12-11(15)4-5-18-10-3-2-8(7-14)6-9(10)13(16)17/h2-3,6-7H,4-5H2,1H3,(H,12,15). The molecule has 1 amide bonds. The van der Waals surface area contributed by atoms with E-state index in [-0.39, 0.29) is 35.9 Å². The average molecular weight is 252 g/mol. The highest BCUT2D eigenvalue weighted by molar-refractivity contribution is 5.77. The number of carbonyl (C=O) groups excluding carboxylic acids is 2. The van der Waals surface area contributed by atoms with E-state index in [2.05, 4.69) is 5.32 Å². The summed E-state index contributed by atoms with van der Waals surface area (Å²) in [5.41, 5.74) is -0.100. The molecule has 7 nitrogen and oxygen atoms in total. The molecule has 0 fully saturated rings. The molecule has 0 spiro atoms. The molecule has 1 rings (SSSR count). The molecule has 0 heterocycles. The Morgan fingerprint density at radius 1 is 1.56 bits per heavy atom. The van der Waals surface area contributed by atoms with E-state index in [1.165, 1.54) is 19.2 Å². The Balaban J connectivity index is 2.78. The van der Waals surface area contributed by atoms with E-state index in [0.29, 0.717) is 6.29 Å². The van der Waals surface area contributed by atoms with Gasteiger partial charge in [-0.3, -0.25) is 19.7 Å². The molecule has 0 aliphatic carbocycles. The lowest BCUT2D eigenvalue weighted by atomic mass is 10.2. The number of benzene rings is 1. The van der Waals surface area contributed by atoms with Crippen LogP contribution in [0.1, 0.15) is 16.8 Å². The molecule has 0 unspecified atom stereocenters. The van der Waals surface area contributed by atoms with Crippen molar-refractivity contribution in [3.8, 4) is 5.75 Å². The maximum Gasteiger partial charge on any atom is 0.311 e. The molecule has 0 aromatic heterocycles. The number of amides is 1. The number of nitrogens with zero attached hydrogens (tertiary/aromatic N) is 1. The van der Waals surface area contributed by atoms with Crippen molar-refractivity contribution in [2.75, 3.05) is 13.7 Å². The van der Waals surface area contributed by atoms with Crippen LogP contribution >= 0.6 is 0 Å². The van der Waals surface area contributed by atoms with Gasteiger partial charge in [0.05, 0.1) is 18.0 Å². The lowest BCUT2D eigenvalue weighted by molar-refractivity contribution is -0.385. The Kier molecular flexibility index (Phi) is 4.79. The van der Waals surface area contributed by atoms with Crippen LogP contribution in [0.15, 0.2) is 18.2 Å². The Bertz CT molecular complexity index is 473. The van der Waals surface area contributed by atoms with Crippen LogP contribution in [-0.4, -0.2) is 30.8 Å². The molecule has 0 bridgehead atoms. The summed E-state index contributed by atoms with van der Waals surface area (Å²) in [7, 11) is 1.49. The minimum absolute atomic E-state index is 0.0287. The molecular weight excluding hydrogens is 240 g/mol. The lowest BCUT2D eigenvalue weighted by Crippen LogP contribution is -2.20. The third-order valence-corrected chi connectivity index (χ3v) is 2.18. The number of rotatable bonds is 6. The third kappa shape index (κ3) is 3.55. The molecule has 0 aliphatic heterocycles. The average Bonchev–Trinajstić information content (AvgIpc) is 2.38. The van der Waals surface area contributed by atoms with E-state index in [0.717, 1.165) is 6.07 Å². The molecule has 0 radical (unpaired) electrons. The molecule has 0 saturated heterocycles. The van der Waals surface area contributed by atoms with E-state index in [1.54, 1.807) is 0 Å². The zero-order valence-electron chi connectivity index (χ0n) is 9.71. The van der Waals surface area contributed by atoms with Gasteiger partial charge in [0, 0.05) is 18.7 Å². The fourth-order valence-electron chi connectivity index (χ4n) is 1.25. The van der Waals surface area contributed by atoms with Crippen LogP contribution in [0.25, 0.3) is 0 Å². The highest BCUT2D eigenvalue weighted by Gasteiger charge is 2.16. The van der Waals surface area contributed by atoms with Gasteiger partial charge in [-0.2, -0.15) is 0 Å². The van der Waals surface area contributed by atoms with Crippen molar-refractivity contribution in [3.63, 3.8) is 0 Å². The predicted molar refractivity (Wildman–Crippen MR) is 62.7 cm³/mol. The second-order valence-corrected chi connectivity index (χ2v) is 3.37. The molecule has 0 atom stereocenters. The summed E-state index contributed by atoms with van der Waals surface area (Å²) in [5.74, 6) is -0.184. The van der Waals surface area contributed by atoms with Crippen LogP contribution in [0, 0.1) is 10.1 Å². The number of nitro groups is 1. The summed E-state index contributed by atoms with van der Waals surface area (Å²) in [4.78, 5) is 31.6. The van der Waals surface area contributed by atoms with Crippen molar-refractivity contribution in [1.82, 2.24) is 5.32 Å². The fraction of sp³-hybridized carbons (Fsp3) is 0.273. The van der Waals surface area contributed by atoms with E-state index in [9.17, 15) is 19.7 Å². The molecule has 18 heavy (non-hydrogen) atoms. The smallest absolute Gasteiger partial charge is 0.311 e. The molecule has 0 saturated carbocycles. The van der Waals surface area contributed by atoms with Gasteiger partial charge in [-0.15, -0.1) is 0 Å². The highest BCUT2D eigenvalue weighted by Crippen LogP contribution is 2.27. The summed E-state index contributed by atoms with van der Waals surface area (Å²) in [6.45, 7) is 0.0287. The Morgan fingerprint density at radius 2 is 2.28 bits per heavy atom. The minimum atomic E-state index is -0.637. The molecule has 1 N–H and O–H groups in total. The van der Waals surface area contributed by atoms with Crippen molar-refractivity contribution in [1.29, 1.82) is 0 Å². The van der Waals surface area contributed by atoms with Crippen LogP contribution in [0.5, 0.6) is 5.75 Å². The third-order valence-electron chi connectivity index (χ3n) is 2.18. The second kappa shape index (κ2) is 6.33. The van der Waals surface area contributed by atoms with E-state index in [1.807, 2.05) is 0 Å². The summed E-state index contributed by atoms with van der Waals surface area (Å²) in [6.07, 6.45) is 0.615. The topological polar surface area (TPSA) is 98.5 Å². The first-order chi connectivity index (χ1) is 8.58. The van der Waals surface area contributed by atoms with Gasteiger partial charge in [0.2, 0.25) is 5.91 Å². The van der Waals surface area contributed by atoms with E-state index < -0.39 is 4.92 Å². The zero-order valence-corrected chi connectivity index (χ0v) is 9.71. The van der Waals surface area contributed by atoms with Crippen LogP contribution < -0.4 is 10.1 Å². The van der Waals surface area contributed by atoms with Gasteiger partial charge in [-0.05, 0) is 12.1 Å². The number of ether oxygens (including phenoxy) is 1. The summed E-state index contributed by atoms with van der Waals surface area (Å²) < 4.78 is 5.15. The summed E-state index contributed by atoms with van der Waals surface area (Å²) >= 11 is 0. The van der Waals surface area contributed by atoms with Crippen LogP contribution in [0.2, 0.25) is 0 Å². The number of nitrogens with one attached hydrogen (secondary N) is 1.